The molecule has 0 radical (unpaired) electrons. The normalized spacial score (nSPS) is 29.6. The van der Waals surface area contributed by atoms with Crippen LogP contribution in [0.4, 0.5) is 0 Å². The number of halogens is 1. The summed E-state index contributed by atoms with van der Waals surface area (Å²) in [5.41, 5.74) is -0.950. The second-order valence-corrected chi connectivity index (χ2v) is 6.37. The van der Waals surface area contributed by atoms with E-state index in [1.54, 1.807) is 24.3 Å². The van der Waals surface area contributed by atoms with E-state index in [1.165, 1.54) is 0 Å². The van der Waals surface area contributed by atoms with Crippen LogP contribution in [-0.4, -0.2) is 16.9 Å². The van der Waals surface area contributed by atoms with Gasteiger partial charge in [0.05, 0.1) is 0 Å². The molecule has 1 fully saturated rings. The van der Waals surface area contributed by atoms with Crippen LogP contribution in [-0.2, 0) is 16.0 Å². The van der Waals surface area contributed by atoms with Crippen molar-refractivity contribution < 1.29 is 14.7 Å². The largest absolute Gasteiger partial charge is 0.480 e. The van der Waals surface area contributed by atoms with Crippen LogP contribution in [0.15, 0.2) is 24.3 Å². The molecule has 0 heterocycles. The highest BCUT2D eigenvalue weighted by atomic mass is 35.5. The van der Waals surface area contributed by atoms with Crippen molar-refractivity contribution in [3.8, 4) is 0 Å². The van der Waals surface area contributed by atoms with Crippen molar-refractivity contribution in [1.82, 2.24) is 0 Å². The van der Waals surface area contributed by atoms with Crippen molar-refractivity contribution >= 4 is 23.4 Å². The van der Waals surface area contributed by atoms with Crippen LogP contribution in [0.2, 0.25) is 5.02 Å². The Morgan fingerprint density at radius 3 is 2.35 bits per heavy atom. The Labute approximate surface area is 123 Å². The lowest BCUT2D eigenvalue weighted by atomic mass is 9.74. The predicted molar refractivity (Wildman–Crippen MR) is 77.9 cm³/mol. The van der Waals surface area contributed by atoms with E-state index in [-0.39, 0.29) is 12.2 Å². The van der Waals surface area contributed by atoms with E-state index in [0.717, 1.165) is 5.56 Å². The molecule has 0 bridgehead atoms. The number of carbonyl (C=O) groups is 2. The van der Waals surface area contributed by atoms with Crippen molar-refractivity contribution in [3.63, 3.8) is 0 Å². The Hall–Kier alpha value is -1.35. The third-order valence-electron chi connectivity index (χ3n) is 4.70. The van der Waals surface area contributed by atoms with Gasteiger partial charge in [0.2, 0.25) is 0 Å². The Morgan fingerprint density at radius 2 is 1.90 bits per heavy atom. The number of ketones is 1. The fourth-order valence-corrected chi connectivity index (χ4v) is 3.16. The number of rotatable bonds is 4. The van der Waals surface area contributed by atoms with E-state index in [4.69, 9.17) is 11.6 Å². The molecule has 0 amide bonds. The number of hydrogen-bond donors (Lipinski definition) is 1. The van der Waals surface area contributed by atoms with Crippen molar-refractivity contribution in [1.29, 1.82) is 0 Å². The summed E-state index contributed by atoms with van der Waals surface area (Å²) in [6.45, 7) is 3.82. The third kappa shape index (κ3) is 2.35. The standard InChI is InChI=1S/C16H19ClO3/c1-3-15(2)8-9-16(13(15)18,14(19)20)10-11-4-6-12(17)7-5-11/h4-7H,3,8-10H2,1-2H3,(H,19,20). The lowest BCUT2D eigenvalue weighted by Crippen LogP contribution is -2.41. The molecule has 2 rings (SSSR count). The van der Waals surface area contributed by atoms with Crippen LogP contribution in [0.5, 0.6) is 0 Å². The fraction of sp³-hybridized carbons (Fsp3) is 0.500. The molecule has 1 N–H and O–H groups in total. The zero-order valence-electron chi connectivity index (χ0n) is 11.8. The zero-order chi connectivity index (χ0) is 15.0. The van der Waals surface area contributed by atoms with Gasteiger partial charge >= 0.3 is 5.97 Å². The average molecular weight is 295 g/mol. The Balaban J connectivity index is 2.35. The number of hydrogen-bond acceptors (Lipinski definition) is 2. The second kappa shape index (κ2) is 5.21. The van der Waals surface area contributed by atoms with Crippen molar-refractivity contribution in [2.24, 2.45) is 10.8 Å². The molecular weight excluding hydrogens is 276 g/mol. The van der Waals surface area contributed by atoms with Gasteiger partial charge in [0.25, 0.3) is 0 Å². The van der Waals surface area contributed by atoms with Crippen LogP contribution in [0, 0.1) is 10.8 Å². The first-order valence-corrected chi connectivity index (χ1v) is 7.25. The number of benzene rings is 1. The number of Topliss-reactive ketones (excluding diaryl/α,β-unsaturated/α-hetero) is 1. The number of aliphatic carboxylic acids is 1. The maximum Gasteiger partial charge on any atom is 0.317 e. The molecule has 4 heteroatoms. The maximum absolute atomic E-state index is 12.7. The minimum Gasteiger partial charge on any atom is -0.480 e. The molecule has 3 nitrogen and oxygen atoms in total. The van der Waals surface area contributed by atoms with Gasteiger partial charge in [-0.1, -0.05) is 37.6 Å². The molecule has 2 unspecified atom stereocenters. The molecule has 108 valence electrons. The second-order valence-electron chi connectivity index (χ2n) is 5.93. The van der Waals surface area contributed by atoms with Gasteiger partial charge in [0.1, 0.15) is 5.41 Å². The molecule has 2 atom stereocenters. The maximum atomic E-state index is 12.7. The summed E-state index contributed by atoms with van der Waals surface area (Å²) in [6.07, 6.45) is 1.98. The molecule has 0 spiro atoms. The Bertz CT molecular complexity index is 537. The summed E-state index contributed by atoms with van der Waals surface area (Å²) in [6, 6.07) is 7.04. The van der Waals surface area contributed by atoms with Gasteiger partial charge in [-0.15, -0.1) is 0 Å². The topological polar surface area (TPSA) is 54.4 Å². The molecule has 1 aromatic rings. The quantitative estimate of drug-likeness (QED) is 0.861. The summed E-state index contributed by atoms with van der Waals surface area (Å²) < 4.78 is 0. The molecule has 1 aromatic carbocycles. The van der Waals surface area contributed by atoms with E-state index < -0.39 is 16.8 Å². The van der Waals surface area contributed by atoms with E-state index >= 15 is 0 Å². The molecule has 0 aromatic heterocycles. The highest BCUT2D eigenvalue weighted by molar-refractivity contribution is 6.30. The minimum atomic E-state index is -1.28. The van der Waals surface area contributed by atoms with Gasteiger partial charge in [-0.3, -0.25) is 9.59 Å². The van der Waals surface area contributed by atoms with Crippen LogP contribution < -0.4 is 0 Å². The van der Waals surface area contributed by atoms with Gasteiger partial charge in [0, 0.05) is 10.4 Å². The molecule has 0 aliphatic heterocycles. The number of carboxylic acid groups (broad SMARTS) is 1. The summed E-state index contributed by atoms with van der Waals surface area (Å²) in [4.78, 5) is 24.4. The Kier molecular flexibility index (Phi) is 3.92. The highest BCUT2D eigenvalue weighted by Crippen LogP contribution is 2.49. The van der Waals surface area contributed by atoms with Crippen molar-refractivity contribution in [2.45, 2.75) is 39.5 Å². The molecule has 1 saturated carbocycles. The zero-order valence-corrected chi connectivity index (χ0v) is 12.5. The lowest BCUT2D eigenvalue weighted by Gasteiger charge is -2.26. The summed E-state index contributed by atoms with van der Waals surface area (Å²) in [5.74, 6) is -1.13. The van der Waals surface area contributed by atoms with Crippen LogP contribution in [0.1, 0.15) is 38.7 Å². The van der Waals surface area contributed by atoms with Gasteiger partial charge in [-0.2, -0.15) is 0 Å². The predicted octanol–water partition coefficient (Wildman–Crippen LogP) is 3.73. The SMILES string of the molecule is CCC1(C)CCC(Cc2ccc(Cl)cc2)(C(=O)O)C1=O. The molecule has 1 aliphatic rings. The van der Waals surface area contributed by atoms with Crippen LogP contribution in [0.3, 0.4) is 0 Å². The number of carbonyl (C=O) groups excluding carboxylic acids is 1. The first-order valence-electron chi connectivity index (χ1n) is 6.87. The monoisotopic (exact) mass is 294 g/mol. The van der Waals surface area contributed by atoms with Crippen molar-refractivity contribution in [3.05, 3.63) is 34.9 Å². The average Bonchev–Trinajstić information content (AvgIpc) is 2.68. The van der Waals surface area contributed by atoms with Gasteiger partial charge in [-0.25, -0.2) is 0 Å². The third-order valence-corrected chi connectivity index (χ3v) is 4.95. The van der Waals surface area contributed by atoms with Crippen LogP contribution in [0.25, 0.3) is 0 Å². The van der Waals surface area contributed by atoms with Gasteiger partial charge in [0.15, 0.2) is 5.78 Å². The molecule has 1 aliphatic carbocycles. The van der Waals surface area contributed by atoms with E-state index in [9.17, 15) is 14.7 Å². The minimum absolute atomic E-state index is 0.130. The van der Waals surface area contributed by atoms with Crippen molar-refractivity contribution in [2.75, 3.05) is 0 Å². The van der Waals surface area contributed by atoms with Crippen LogP contribution >= 0.6 is 11.6 Å². The van der Waals surface area contributed by atoms with E-state index in [2.05, 4.69) is 0 Å². The highest BCUT2D eigenvalue weighted by Gasteiger charge is 2.57. The first kappa shape index (κ1) is 15.0. The molecular formula is C16H19ClO3. The lowest BCUT2D eigenvalue weighted by molar-refractivity contribution is -0.155. The summed E-state index contributed by atoms with van der Waals surface area (Å²) in [5, 5.41) is 10.2. The molecule has 20 heavy (non-hydrogen) atoms. The van der Waals surface area contributed by atoms with Gasteiger partial charge < -0.3 is 5.11 Å². The van der Waals surface area contributed by atoms with E-state index in [0.29, 0.717) is 24.3 Å². The summed E-state index contributed by atoms with van der Waals surface area (Å²) >= 11 is 5.84. The first-order chi connectivity index (χ1) is 9.34. The summed E-state index contributed by atoms with van der Waals surface area (Å²) in [7, 11) is 0. The van der Waals surface area contributed by atoms with Gasteiger partial charge in [-0.05, 0) is 43.4 Å². The Morgan fingerprint density at radius 1 is 1.30 bits per heavy atom. The molecule has 0 saturated heterocycles. The fourth-order valence-electron chi connectivity index (χ4n) is 3.03. The van der Waals surface area contributed by atoms with E-state index in [1.807, 2.05) is 13.8 Å². The smallest absolute Gasteiger partial charge is 0.317 e. The number of carboxylic acids is 1.